The molecule has 1 aliphatic rings. The summed E-state index contributed by atoms with van der Waals surface area (Å²) >= 11 is 0. The molecule has 0 bridgehead atoms. The molecule has 4 nitrogen and oxygen atoms in total. The molecule has 1 saturated heterocycles. The number of para-hydroxylation sites is 1. The van der Waals surface area contributed by atoms with Crippen LogP contribution in [-0.2, 0) is 0 Å². The minimum Gasteiger partial charge on any atom is -0.367 e. The lowest BCUT2D eigenvalue weighted by atomic mass is 9.99. The van der Waals surface area contributed by atoms with E-state index in [0.717, 1.165) is 30.5 Å². The Morgan fingerprint density at radius 1 is 0.862 bits per heavy atom. The van der Waals surface area contributed by atoms with Crippen LogP contribution in [0.1, 0.15) is 30.0 Å². The molecule has 1 atom stereocenters. The summed E-state index contributed by atoms with van der Waals surface area (Å²) in [5.74, 6) is 0. The van der Waals surface area contributed by atoms with Crippen molar-refractivity contribution < 1.29 is 4.79 Å². The van der Waals surface area contributed by atoms with E-state index in [0.29, 0.717) is 12.6 Å². The lowest BCUT2D eigenvalue weighted by Crippen LogP contribution is -2.45. The number of hydrogen-bond acceptors (Lipinski definition) is 2. The highest BCUT2D eigenvalue weighted by Gasteiger charge is 2.25. The SMILES string of the molecule is O=C(NCC1CCCN1c1ccccc1)NC(c1ccccc1)c1ccccc1. The highest BCUT2D eigenvalue weighted by Crippen LogP contribution is 2.25. The number of nitrogens with zero attached hydrogens (tertiary/aromatic N) is 1. The monoisotopic (exact) mass is 385 g/mol. The molecule has 2 amide bonds. The summed E-state index contributed by atoms with van der Waals surface area (Å²) in [6, 6.07) is 30.6. The highest BCUT2D eigenvalue weighted by atomic mass is 16.2. The Balaban J connectivity index is 1.41. The molecule has 3 aromatic carbocycles. The molecule has 1 fully saturated rings. The van der Waals surface area contributed by atoms with Crippen LogP contribution < -0.4 is 15.5 Å². The molecule has 148 valence electrons. The van der Waals surface area contributed by atoms with E-state index >= 15 is 0 Å². The Morgan fingerprint density at radius 2 is 1.41 bits per heavy atom. The molecule has 1 aliphatic heterocycles. The quantitative estimate of drug-likeness (QED) is 0.643. The maximum absolute atomic E-state index is 12.8. The van der Waals surface area contributed by atoms with E-state index in [4.69, 9.17) is 0 Å². The van der Waals surface area contributed by atoms with Gasteiger partial charge >= 0.3 is 6.03 Å². The summed E-state index contributed by atoms with van der Waals surface area (Å²) in [6.45, 7) is 1.67. The number of hydrogen-bond donors (Lipinski definition) is 2. The third-order valence-electron chi connectivity index (χ3n) is 5.50. The van der Waals surface area contributed by atoms with Crippen molar-refractivity contribution in [1.29, 1.82) is 0 Å². The first-order valence-corrected chi connectivity index (χ1v) is 10.3. The minimum absolute atomic E-state index is 0.136. The third-order valence-corrected chi connectivity index (χ3v) is 5.50. The fourth-order valence-corrected chi connectivity index (χ4v) is 4.05. The summed E-state index contributed by atoms with van der Waals surface area (Å²) in [6.07, 6.45) is 2.25. The molecule has 3 aromatic rings. The Labute approximate surface area is 172 Å². The van der Waals surface area contributed by atoms with E-state index < -0.39 is 0 Å². The second-order valence-electron chi connectivity index (χ2n) is 7.43. The zero-order valence-corrected chi connectivity index (χ0v) is 16.5. The number of anilines is 1. The molecule has 1 heterocycles. The predicted molar refractivity (Wildman–Crippen MR) is 118 cm³/mol. The van der Waals surface area contributed by atoms with E-state index in [1.54, 1.807) is 0 Å². The molecule has 4 rings (SSSR count). The van der Waals surface area contributed by atoms with Crippen molar-refractivity contribution in [3.63, 3.8) is 0 Å². The van der Waals surface area contributed by atoms with E-state index in [2.05, 4.69) is 39.8 Å². The predicted octanol–water partition coefficient (Wildman–Crippen LogP) is 4.74. The molecule has 0 radical (unpaired) electrons. The standard InChI is InChI=1S/C25H27N3O/c29-25(26-19-23-17-10-18-28(23)22-15-8-3-9-16-22)27-24(20-11-4-1-5-12-20)21-13-6-2-7-14-21/h1-9,11-16,23-24H,10,17-19H2,(H2,26,27,29). The lowest BCUT2D eigenvalue weighted by molar-refractivity contribution is 0.238. The third kappa shape index (κ3) is 4.77. The van der Waals surface area contributed by atoms with Gasteiger partial charge in [0.05, 0.1) is 6.04 Å². The second-order valence-corrected chi connectivity index (χ2v) is 7.43. The van der Waals surface area contributed by atoms with Gasteiger partial charge in [-0.15, -0.1) is 0 Å². The van der Waals surface area contributed by atoms with Crippen molar-refractivity contribution in [3.8, 4) is 0 Å². The van der Waals surface area contributed by atoms with Crippen LogP contribution in [0.5, 0.6) is 0 Å². The molecular formula is C25H27N3O. The van der Waals surface area contributed by atoms with E-state index in [9.17, 15) is 4.79 Å². The summed E-state index contributed by atoms with van der Waals surface area (Å²) in [5.41, 5.74) is 3.37. The molecule has 4 heteroatoms. The number of amides is 2. The lowest BCUT2D eigenvalue weighted by Gasteiger charge is -2.27. The Hall–Kier alpha value is -3.27. The Bertz CT molecular complexity index is 860. The van der Waals surface area contributed by atoms with Crippen LogP contribution in [0.3, 0.4) is 0 Å². The number of carbonyl (C=O) groups excluding carboxylic acids is 1. The molecule has 29 heavy (non-hydrogen) atoms. The molecule has 1 unspecified atom stereocenters. The first-order valence-electron chi connectivity index (χ1n) is 10.3. The summed E-state index contributed by atoms with van der Waals surface area (Å²) < 4.78 is 0. The van der Waals surface area contributed by atoms with Crippen molar-refractivity contribution in [2.75, 3.05) is 18.0 Å². The topological polar surface area (TPSA) is 44.4 Å². The second kappa shape index (κ2) is 9.28. The van der Waals surface area contributed by atoms with Crippen molar-refractivity contribution in [1.82, 2.24) is 10.6 Å². The molecule has 2 N–H and O–H groups in total. The number of carbonyl (C=O) groups is 1. The number of benzene rings is 3. The van der Waals surface area contributed by atoms with Crippen LogP contribution in [0.15, 0.2) is 91.0 Å². The van der Waals surface area contributed by atoms with Gasteiger partial charge in [0.1, 0.15) is 0 Å². The van der Waals surface area contributed by atoms with Gasteiger partial charge in [-0.2, -0.15) is 0 Å². The van der Waals surface area contributed by atoms with Gasteiger partial charge in [0, 0.05) is 24.8 Å². The number of rotatable bonds is 6. The smallest absolute Gasteiger partial charge is 0.315 e. The molecule has 0 aliphatic carbocycles. The van der Waals surface area contributed by atoms with Gasteiger partial charge in [-0.3, -0.25) is 0 Å². The van der Waals surface area contributed by atoms with E-state index in [-0.39, 0.29) is 12.1 Å². The maximum Gasteiger partial charge on any atom is 0.315 e. The fraction of sp³-hybridized carbons (Fsp3) is 0.240. The number of urea groups is 1. The Morgan fingerprint density at radius 3 is 2.00 bits per heavy atom. The Kier molecular flexibility index (Phi) is 6.10. The average molecular weight is 386 g/mol. The molecule has 0 spiro atoms. The van der Waals surface area contributed by atoms with Crippen LogP contribution in [-0.4, -0.2) is 25.2 Å². The summed E-state index contributed by atoms with van der Waals surface area (Å²) in [4.78, 5) is 15.2. The van der Waals surface area contributed by atoms with Crippen LogP contribution in [0.4, 0.5) is 10.5 Å². The molecular weight excluding hydrogens is 358 g/mol. The van der Waals surface area contributed by atoms with E-state index in [1.165, 1.54) is 5.69 Å². The van der Waals surface area contributed by atoms with Gasteiger partial charge in [0.2, 0.25) is 0 Å². The van der Waals surface area contributed by atoms with Crippen LogP contribution >= 0.6 is 0 Å². The van der Waals surface area contributed by atoms with Gasteiger partial charge in [0.25, 0.3) is 0 Å². The van der Waals surface area contributed by atoms with Crippen molar-refractivity contribution in [2.24, 2.45) is 0 Å². The van der Waals surface area contributed by atoms with Crippen LogP contribution in [0.25, 0.3) is 0 Å². The van der Waals surface area contributed by atoms with Crippen molar-refractivity contribution in [2.45, 2.75) is 24.9 Å². The van der Waals surface area contributed by atoms with E-state index in [1.807, 2.05) is 66.7 Å². The van der Waals surface area contributed by atoms with Crippen molar-refractivity contribution in [3.05, 3.63) is 102 Å². The molecule has 0 aromatic heterocycles. The summed E-state index contributed by atoms with van der Waals surface area (Å²) in [5, 5.41) is 6.26. The largest absolute Gasteiger partial charge is 0.367 e. The first kappa shape index (κ1) is 19.1. The number of nitrogens with one attached hydrogen (secondary N) is 2. The zero-order valence-electron chi connectivity index (χ0n) is 16.5. The van der Waals surface area contributed by atoms with Crippen LogP contribution in [0.2, 0.25) is 0 Å². The average Bonchev–Trinajstić information content (AvgIpc) is 3.26. The zero-order chi connectivity index (χ0) is 19.9. The van der Waals surface area contributed by atoms with Gasteiger partial charge in [-0.25, -0.2) is 4.79 Å². The van der Waals surface area contributed by atoms with Crippen molar-refractivity contribution >= 4 is 11.7 Å². The highest BCUT2D eigenvalue weighted by molar-refractivity contribution is 5.75. The van der Waals surface area contributed by atoms with Gasteiger partial charge in [0.15, 0.2) is 0 Å². The summed E-state index contributed by atoms with van der Waals surface area (Å²) in [7, 11) is 0. The fourth-order valence-electron chi connectivity index (χ4n) is 4.05. The first-order chi connectivity index (χ1) is 14.3. The molecule has 0 saturated carbocycles. The normalized spacial score (nSPS) is 16.0. The van der Waals surface area contributed by atoms with Gasteiger partial charge in [-0.1, -0.05) is 78.9 Å². The van der Waals surface area contributed by atoms with Gasteiger partial charge < -0.3 is 15.5 Å². The minimum atomic E-state index is -0.175. The maximum atomic E-state index is 12.8. The van der Waals surface area contributed by atoms with Crippen LogP contribution in [0, 0.1) is 0 Å². The van der Waals surface area contributed by atoms with Gasteiger partial charge in [-0.05, 0) is 36.1 Å².